The summed E-state index contributed by atoms with van der Waals surface area (Å²) in [7, 11) is 0. The molecule has 8 heteroatoms. The lowest BCUT2D eigenvalue weighted by atomic mass is 10.1. The highest BCUT2D eigenvalue weighted by atomic mass is 16.5. The highest BCUT2D eigenvalue weighted by Crippen LogP contribution is 2.17. The Labute approximate surface area is 126 Å². The third-order valence-electron chi connectivity index (χ3n) is 3.75. The average molecular weight is 304 g/mol. The van der Waals surface area contributed by atoms with E-state index in [-0.39, 0.29) is 19.1 Å². The quantitative estimate of drug-likeness (QED) is 0.855. The summed E-state index contributed by atoms with van der Waals surface area (Å²) >= 11 is 0. The molecule has 1 unspecified atom stereocenters. The number of carboxylic acid groups (broad SMARTS) is 1. The summed E-state index contributed by atoms with van der Waals surface area (Å²) in [6.07, 6.45) is 1.47. The van der Waals surface area contributed by atoms with E-state index in [0.29, 0.717) is 23.5 Å². The SMILES string of the molecule is Cc1cc2ncc(C(=O)N3CCOCC3C(=O)O)c(C)n2n1. The zero-order chi connectivity index (χ0) is 15.9. The van der Waals surface area contributed by atoms with Gasteiger partial charge in [-0.05, 0) is 13.8 Å². The number of fused-ring (bicyclic) bond motifs is 1. The third-order valence-corrected chi connectivity index (χ3v) is 3.75. The fourth-order valence-electron chi connectivity index (χ4n) is 2.58. The number of aliphatic carboxylic acids is 1. The van der Waals surface area contributed by atoms with E-state index in [1.165, 1.54) is 11.1 Å². The molecule has 0 radical (unpaired) electrons. The van der Waals surface area contributed by atoms with Crippen molar-refractivity contribution in [3.8, 4) is 0 Å². The van der Waals surface area contributed by atoms with Gasteiger partial charge in [-0.3, -0.25) is 4.79 Å². The predicted octanol–water partition coefficient (Wildman–Crippen LogP) is 0.272. The predicted molar refractivity (Wildman–Crippen MR) is 75.7 cm³/mol. The Bertz CT molecular complexity index is 755. The molecule has 2 aromatic heterocycles. The van der Waals surface area contributed by atoms with E-state index in [9.17, 15) is 14.7 Å². The van der Waals surface area contributed by atoms with Crippen LogP contribution in [0.1, 0.15) is 21.7 Å². The molecule has 0 aromatic carbocycles. The minimum absolute atomic E-state index is 0.00330. The molecule has 1 N–H and O–H groups in total. The number of amides is 1. The normalized spacial score (nSPS) is 18.6. The molecule has 0 spiro atoms. The summed E-state index contributed by atoms with van der Waals surface area (Å²) in [5.74, 6) is -1.44. The summed E-state index contributed by atoms with van der Waals surface area (Å²) < 4.78 is 6.75. The Balaban J connectivity index is 2.00. The summed E-state index contributed by atoms with van der Waals surface area (Å²) in [6, 6.07) is 0.839. The minimum atomic E-state index is -1.07. The molecular weight excluding hydrogens is 288 g/mol. The Morgan fingerprint density at radius 3 is 2.91 bits per heavy atom. The van der Waals surface area contributed by atoms with Crippen molar-refractivity contribution in [2.45, 2.75) is 19.9 Å². The van der Waals surface area contributed by atoms with E-state index in [1.807, 2.05) is 13.0 Å². The summed E-state index contributed by atoms with van der Waals surface area (Å²) in [5.41, 5.74) is 2.45. The molecule has 1 aliphatic rings. The van der Waals surface area contributed by atoms with Gasteiger partial charge < -0.3 is 14.7 Å². The number of carbonyl (C=O) groups is 2. The topological polar surface area (TPSA) is 97.0 Å². The Morgan fingerprint density at radius 2 is 2.18 bits per heavy atom. The van der Waals surface area contributed by atoms with Crippen LogP contribution in [0, 0.1) is 13.8 Å². The van der Waals surface area contributed by atoms with Crippen LogP contribution in [0.2, 0.25) is 0 Å². The molecule has 1 atom stereocenters. The fraction of sp³-hybridized carbons (Fsp3) is 0.429. The van der Waals surface area contributed by atoms with E-state index in [1.54, 1.807) is 11.4 Å². The zero-order valence-electron chi connectivity index (χ0n) is 12.3. The number of hydrogen-bond donors (Lipinski definition) is 1. The van der Waals surface area contributed by atoms with E-state index in [2.05, 4.69) is 10.1 Å². The third kappa shape index (κ3) is 2.31. The molecular formula is C14H16N4O4. The number of aryl methyl sites for hydroxylation is 2. The van der Waals surface area contributed by atoms with Gasteiger partial charge in [0, 0.05) is 18.8 Å². The van der Waals surface area contributed by atoms with Gasteiger partial charge in [0.05, 0.1) is 30.2 Å². The van der Waals surface area contributed by atoms with Crippen molar-refractivity contribution < 1.29 is 19.4 Å². The van der Waals surface area contributed by atoms with Crippen LogP contribution in [0.4, 0.5) is 0 Å². The van der Waals surface area contributed by atoms with Crippen molar-refractivity contribution in [1.29, 1.82) is 0 Å². The maximum absolute atomic E-state index is 12.7. The molecule has 0 bridgehead atoms. The largest absolute Gasteiger partial charge is 0.480 e. The number of nitrogens with zero attached hydrogens (tertiary/aromatic N) is 4. The van der Waals surface area contributed by atoms with Crippen LogP contribution in [0.5, 0.6) is 0 Å². The lowest BCUT2D eigenvalue weighted by Gasteiger charge is -2.33. The first-order valence-electron chi connectivity index (χ1n) is 6.92. The molecule has 3 rings (SSSR count). The molecule has 0 saturated carbocycles. The Morgan fingerprint density at radius 1 is 1.41 bits per heavy atom. The Kier molecular flexibility index (Phi) is 3.53. The van der Waals surface area contributed by atoms with Crippen LogP contribution >= 0.6 is 0 Å². The number of rotatable bonds is 2. The van der Waals surface area contributed by atoms with Crippen molar-refractivity contribution in [2.24, 2.45) is 0 Å². The van der Waals surface area contributed by atoms with Gasteiger partial charge in [-0.1, -0.05) is 0 Å². The maximum Gasteiger partial charge on any atom is 0.328 e. The van der Waals surface area contributed by atoms with E-state index >= 15 is 0 Å². The van der Waals surface area contributed by atoms with Gasteiger partial charge in [0.15, 0.2) is 11.7 Å². The summed E-state index contributed by atoms with van der Waals surface area (Å²) in [4.78, 5) is 29.5. The zero-order valence-corrected chi connectivity index (χ0v) is 12.3. The van der Waals surface area contributed by atoms with E-state index in [4.69, 9.17) is 4.74 Å². The van der Waals surface area contributed by atoms with E-state index < -0.39 is 12.0 Å². The molecule has 2 aromatic rings. The first kappa shape index (κ1) is 14.5. The van der Waals surface area contributed by atoms with E-state index in [0.717, 1.165) is 5.69 Å². The lowest BCUT2D eigenvalue weighted by molar-refractivity contribution is -0.147. The van der Waals surface area contributed by atoms with Gasteiger partial charge >= 0.3 is 5.97 Å². The van der Waals surface area contributed by atoms with Crippen molar-refractivity contribution in [1.82, 2.24) is 19.5 Å². The minimum Gasteiger partial charge on any atom is -0.480 e. The second-order valence-corrected chi connectivity index (χ2v) is 5.24. The Hall–Kier alpha value is -2.48. The summed E-state index contributed by atoms with van der Waals surface area (Å²) in [6.45, 7) is 4.18. The first-order chi connectivity index (χ1) is 10.5. The fourth-order valence-corrected chi connectivity index (χ4v) is 2.58. The smallest absolute Gasteiger partial charge is 0.328 e. The number of aromatic nitrogens is 3. The van der Waals surface area contributed by atoms with Crippen LogP contribution in [-0.2, 0) is 9.53 Å². The standard InChI is InChI=1S/C14H16N4O4/c1-8-5-12-15-6-10(9(2)18(12)16-8)13(19)17-3-4-22-7-11(17)14(20)21/h5-6,11H,3-4,7H2,1-2H3,(H,20,21). The maximum atomic E-state index is 12.7. The van der Waals surface area contributed by atoms with Gasteiger partial charge in [-0.25, -0.2) is 14.3 Å². The number of morpholine rings is 1. The molecule has 1 saturated heterocycles. The van der Waals surface area contributed by atoms with Crippen LogP contribution in [0.25, 0.3) is 5.65 Å². The molecule has 3 heterocycles. The molecule has 1 aliphatic heterocycles. The average Bonchev–Trinajstić information content (AvgIpc) is 2.88. The molecule has 1 amide bonds. The van der Waals surface area contributed by atoms with Gasteiger partial charge in [-0.15, -0.1) is 0 Å². The van der Waals surface area contributed by atoms with Gasteiger partial charge in [0.25, 0.3) is 5.91 Å². The highest BCUT2D eigenvalue weighted by Gasteiger charge is 2.34. The second-order valence-electron chi connectivity index (χ2n) is 5.24. The van der Waals surface area contributed by atoms with Gasteiger partial charge in [0.1, 0.15) is 0 Å². The monoisotopic (exact) mass is 304 g/mol. The first-order valence-corrected chi connectivity index (χ1v) is 6.92. The molecule has 0 aliphatic carbocycles. The second kappa shape index (κ2) is 5.38. The van der Waals surface area contributed by atoms with Gasteiger partial charge in [-0.2, -0.15) is 5.10 Å². The number of carboxylic acids is 1. The van der Waals surface area contributed by atoms with Crippen molar-refractivity contribution in [2.75, 3.05) is 19.8 Å². The number of carbonyl (C=O) groups excluding carboxylic acids is 1. The van der Waals surface area contributed by atoms with Crippen LogP contribution in [-0.4, -0.2) is 62.3 Å². The van der Waals surface area contributed by atoms with Gasteiger partial charge in [0.2, 0.25) is 0 Å². The molecule has 22 heavy (non-hydrogen) atoms. The number of hydrogen-bond acceptors (Lipinski definition) is 5. The van der Waals surface area contributed by atoms with Crippen molar-refractivity contribution in [3.05, 3.63) is 29.2 Å². The van der Waals surface area contributed by atoms with Crippen molar-refractivity contribution in [3.63, 3.8) is 0 Å². The molecule has 8 nitrogen and oxygen atoms in total. The number of ether oxygens (including phenoxy) is 1. The lowest BCUT2D eigenvalue weighted by Crippen LogP contribution is -2.52. The summed E-state index contributed by atoms with van der Waals surface area (Å²) in [5, 5.41) is 13.5. The molecule has 116 valence electrons. The van der Waals surface area contributed by atoms with Crippen molar-refractivity contribution >= 4 is 17.5 Å². The molecule has 1 fully saturated rings. The van der Waals surface area contributed by atoms with Crippen LogP contribution in [0.3, 0.4) is 0 Å². The highest BCUT2D eigenvalue weighted by molar-refractivity contribution is 5.97. The van der Waals surface area contributed by atoms with Crippen LogP contribution < -0.4 is 0 Å². The van der Waals surface area contributed by atoms with Crippen LogP contribution in [0.15, 0.2) is 12.3 Å².